The van der Waals surface area contributed by atoms with Crippen molar-refractivity contribution in [3.05, 3.63) is 12.2 Å². The van der Waals surface area contributed by atoms with Crippen molar-refractivity contribution in [3.63, 3.8) is 0 Å². The average molecular weight is 427 g/mol. The molecule has 5 aliphatic carbocycles. The summed E-state index contributed by atoms with van der Waals surface area (Å²) in [6.45, 7) is 15.1. The van der Waals surface area contributed by atoms with Gasteiger partial charge in [-0.05, 0) is 116 Å². The third-order valence-electron chi connectivity index (χ3n) is 12.5. The lowest BCUT2D eigenvalue weighted by atomic mass is 9.45. The summed E-state index contributed by atoms with van der Waals surface area (Å²) in [5.74, 6) is 6.92. The molecule has 0 bridgehead atoms. The van der Waals surface area contributed by atoms with E-state index in [2.05, 4.69) is 53.7 Å². The number of allylic oxidation sites excluding steroid dienone is 2. The van der Waals surface area contributed by atoms with Crippen LogP contribution in [-0.4, -0.2) is 13.2 Å². The van der Waals surface area contributed by atoms with Crippen LogP contribution in [0.25, 0.3) is 0 Å². The van der Waals surface area contributed by atoms with E-state index in [0.29, 0.717) is 22.3 Å². The van der Waals surface area contributed by atoms with Crippen molar-refractivity contribution >= 4 is 0 Å². The van der Waals surface area contributed by atoms with Crippen LogP contribution in [0.2, 0.25) is 0 Å². The van der Waals surface area contributed by atoms with Gasteiger partial charge in [0.15, 0.2) is 0 Å². The monoisotopic (exact) mass is 426 g/mol. The Hall–Kier alpha value is -0.300. The van der Waals surface area contributed by atoms with Crippen LogP contribution in [0.5, 0.6) is 0 Å². The second-order valence-electron chi connectivity index (χ2n) is 13.5. The Morgan fingerprint density at radius 2 is 1.74 bits per heavy atom. The maximum atomic E-state index is 6.31. The first-order valence-electron chi connectivity index (χ1n) is 13.9. The van der Waals surface area contributed by atoms with E-state index < -0.39 is 0 Å². The first-order valence-corrected chi connectivity index (χ1v) is 13.9. The van der Waals surface area contributed by atoms with E-state index in [-0.39, 0.29) is 0 Å². The molecule has 11 unspecified atom stereocenters. The molecule has 5 aliphatic rings. The Morgan fingerprint density at radius 3 is 2.39 bits per heavy atom. The molecule has 0 amide bonds. The minimum atomic E-state index is 0.543. The molecule has 31 heavy (non-hydrogen) atoms. The van der Waals surface area contributed by atoms with E-state index >= 15 is 0 Å². The zero-order valence-electron chi connectivity index (χ0n) is 21.6. The Kier molecular flexibility index (Phi) is 5.52. The van der Waals surface area contributed by atoms with Crippen molar-refractivity contribution in [3.8, 4) is 0 Å². The molecule has 0 aliphatic heterocycles. The predicted octanol–water partition coefficient (Wildman–Crippen LogP) is 8.14. The van der Waals surface area contributed by atoms with Gasteiger partial charge in [-0.2, -0.15) is 0 Å². The highest BCUT2D eigenvalue weighted by atomic mass is 16.5. The lowest BCUT2D eigenvalue weighted by molar-refractivity contribution is -0.160. The molecule has 5 fully saturated rings. The third kappa shape index (κ3) is 2.96. The normalized spacial score (nSPS) is 52.5. The summed E-state index contributed by atoms with van der Waals surface area (Å²) in [6, 6.07) is 0. The zero-order chi connectivity index (χ0) is 22.2. The molecular weight excluding hydrogens is 376 g/mol. The topological polar surface area (TPSA) is 9.23 Å². The fourth-order valence-electron chi connectivity index (χ4n) is 10.8. The van der Waals surface area contributed by atoms with Crippen molar-refractivity contribution in [2.75, 3.05) is 7.11 Å². The summed E-state index contributed by atoms with van der Waals surface area (Å²) in [4.78, 5) is 0. The molecule has 5 rings (SSSR count). The van der Waals surface area contributed by atoms with Gasteiger partial charge in [-0.15, -0.1) is 0 Å². The second kappa shape index (κ2) is 7.61. The fraction of sp³-hybridized carbons (Fsp3) is 0.933. The van der Waals surface area contributed by atoms with E-state index in [1.165, 1.54) is 57.8 Å². The first-order chi connectivity index (χ1) is 14.7. The number of methoxy groups -OCH3 is 1. The number of hydrogen-bond donors (Lipinski definition) is 0. The molecule has 11 atom stereocenters. The van der Waals surface area contributed by atoms with Gasteiger partial charge in [0.1, 0.15) is 0 Å². The van der Waals surface area contributed by atoms with Crippen LogP contribution in [0, 0.1) is 63.6 Å². The van der Waals surface area contributed by atoms with Gasteiger partial charge in [-0.1, -0.05) is 53.7 Å². The molecule has 0 aromatic heterocycles. The van der Waals surface area contributed by atoms with E-state index in [1.54, 1.807) is 0 Å². The highest BCUT2D eigenvalue weighted by Gasteiger charge is 2.77. The van der Waals surface area contributed by atoms with Crippen LogP contribution < -0.4 is 0 Å². The number of fused-ring (bicyclic) bond motifs is 4. The van der Waals surface area contributed by atoms with Crippen LogP contribution in [0.4, 0.5) is 0 Å². The molecular formula is C30H50O. The molecule has 0 aromatic carbocycles. The molecule has 5 saturated carbocycles. The molecule has 1 heteroatoms. The maximum Gasteiger partial charge on any atom is 0.0638 e. The molecule has 1 nitrogen and oxygen atoms in total. The van der Waals surface area contributed by atoms with Crippen molar-refractivity contribution < 1.29 is 4.74 Å². The summed E-state index contributed by atoms with van der Waals surface area (Å²) in [6.07, 6.45) is 18.7. The maximum absolute atomic E-state index is 6.31. The van der Waals surface area contributed by atoms with Gasteiger partial charge in [0.2, 0.25) is 0 Å². The first kappa shape index (κ1) is 22.5. The van der Waals surface area contributed by atoms with Gasteiger partial charge in [0, 0.05) is 12.5 Å². The summed E-state index contributed by atoms with van der Waals surface area (Å²) in [7, 11) is 2.03. The molecule has 0 saturated heterocycles. The average Bonchev–Trinajstić information content (AvgIpc) is 3.24. The fourth-order valence-corrected chi connectivity index (χ4v) is 10.8. The van der Waals surface area contributed by atoms with Crippen molar-refractivity contribution in [2.24, 2.45) is 63.6 Å². The van der Waals surface area contributed by atoms with Crippen LogP contribution in [0.1, 0.15) is 99.3 Å². The smallest absolute Gasteiger partial charge is 0.0638 e. The summed E-state index contributed by atoms with van der Waals surface area (Å²) in [5.41, 5.74) is 1.68. The van der Waals surface area contributed by atoms with Gasteiger partial charge in [0.25, 0.3) is 0 Å². The minimum absolute atomic E-state index is 0.543. The number of hydrogen-bond acceptors (Lipinski definition) is 1. The highest BCUT2D eigenvalue weighted by Crippen LogP contribution is 2.82. The number of ether oxygens (including phenoxy) is 1. The molecule has 0 radical (unpaired) electrons. The van der Waals surface area contributed by atoms with E-state index in [9.17, 15) is 0 Å². The standard InChI is InChI=1S/C30H50O/c1-8-21(19(2)3)10-9-20(4)24-11-12-25-23-17-27(31-7)30-18-22(30)13-16-29(30,6)26(23)14-15-28(24,25)5/h9-10,19-27H,8,11-18H2,1-7H3. The van der Waals surface area contributed by atoms with Crippen molar-refractivity contribution in [1.29, 1.82) is 0 Å². The van der Waals surface area contributed by atoms with Gasteiger partial charge in [0.05, 0.1) is 6.10 Å². The van der Waals surface area contributed by atoms with Gasteiger partial charge < -0.3 is 4.74 Å². The number of rotatable bonds is 6. The van der Waals surface area contributed by atoms with Crippen LogP contribution in [0.15, 0.2) is 12.2 Å². The van der Waals surface area contributed by atoms with E-state index in [1.807, 2.05) is 7.11 Å². The van der Waals surface area contributed by atoms with Gasteiger partial charge in [-0.3, -0.25) is 0 Å². The minimum Gasteiger partial charge on any atom is -0.381 e. The predicted molar refractivity (Wildman–Crippen MR) is 131 cm³/mol. The SMILES string of the molecule is CCC(C=CC(C)C1CCC2C3CC(OC)C45CC4CCC5(C)C3CCC12C)C(C)C. The Labute approximate surface area is 193 Å². The van der Waals surface area contributed by atoms with Crippen molar-refractivity contribution in [2.45, 2.75) is 105 Å². The summed E-state index contributed by atoms with van der Waals surface area (Å²) < 4.78 is 6.31. The van der Waals surface area contributed by atoms with Gasteiger partial charge >= 0.3 is 0 Å². The van der Waals surface area contributed by atoms with Gasteiger partial charge in [-0.25, -0.2) is 0 Å². The zero-order valence-corrected chi connectivity index (χ0v) is 21.6. The Balaban J connectivity index is 1.37. The Bertz CT molecular complexity index is 709. The summed E-state index contributed by atoms with van der Waals surface area (Å²) in [5, 5.41) is 0. The van der Waals surface area contributed by atoms with Crippen LogP contribution in [-0.2, 0) is 4.74 Å². The largest absolute Gasteiger partial charge is 0.381 e. The molecule has 1 spiro atoms. The molecule has 176 valence electrons. The Morgan fingerprint density at radius 1 is 0.968 bits per heavy atom. The van der Waals surface area contributed by atoms with Crippen LogP contribution in [0.3, 0.4) is 0 Å². The summed E-state index contributed by atoms with van der Waals surface area (Å²) >= 11 is 0. The quantitative estimate of drug-likeness (QED) is 0.389. The lowest BCUT2D eigenvalue weighted by Gasteiger charge is -2.61. The molecule has 0 N–H and O–H groups in total. The molecule has 0 heterocycles. The second-order valence-corrected chi connectivity index (χ2v) is 13.5. The van der Waals surface area contributed by atoms with E-state index in [4.69, 9.17) is 4.74 Å². The lowest BCUT2D eigenvalue weighted by Crippen LogP contribution is -2.57. The van der Waals surface area contributed by atoms with Crippen molar-refractivity contribution in [1.82, 2.24) is 0 Å². The molecule has 0 aromatic rings. The van der Waals surface area contributed by atoms with Crippen LogP contribution >= 0.6 is 0 Å². The third-order valence-corrected chi connectivity index (χ3v) is 12.5. The highest BCUT2D eigenvalue weighted by molar-refractivity contribution is 5.26. The van der Waals surface area contributed by atoms with E-state index in [0.717, 1.165) is 47.3 Å².